The molecule has 0 spiro atoms. The van der Waals surface area contributed by atoms with Gasteiger partial charge >= 0.3 is 0 Å². The molecule has 28 heavy (non-hydrogen) atoms. The standard InChI is InChI=1S/C20H23FN4O3/c1-25(20(27)16-9-10-19(28-2)24-23-16)17(14-5-6-14)12-22-18(26)11-13-3-7-15(21)8-4-13/h3-4,7-10,14,17H,5-6,11-12H2,1-2H3,(H,22,26). The van der Waals surface area contributed by atoms with Crippen molar-refractivity contribution in [1.29, 1.82) is 0 Å². The van der Waals surface area contributed by atoms with Crippen LogP contribution in [0.25, 0.3) is 0 Å². The van der Waals surface area contributed by atoms with Crippen LogP contribution in [0.15, 0.2) is 36.4 Å². The van der Waals surface area contributed by atoms with E-state index in [0.29, 0.717) is 18.3 Å². The van der Waals surface area contributed by atoms with Gasteiger partial charge in [0.1, 0.15) is 5.82 Å². The first kappa shape index (κ1) is 19.7. The fraction of sp³-hybridized carbons (Fsp3) is 0.400. The molecule has 0 bridgehead atoms. The lowest BCUT2D eigenvalue weighted by Gasteiger charge is -2.28. The van der Waals surface area contributed by atoms with Gasteiger partial charge in [-0.3, -0.25) is 9.59 Å². The molecule has 1 atom stereocenters. The molecule has 1 unspecified atom stereocenters. The Kier molecular flexibility index (Phi) is 6.18. The van der Waals surface area contributed by atoms with Gasteiger partial charge in [-0.2, -0.15) is 0 Å². The van der Waals surface area contributed by atoms with Crippen molar-refractivity contribution in [3.05, 3.63) is 53.5 Å². The molecule has 0 aliphatic heterocycles. The topological polar surface area (TPSA) is 84.4 Å². The largest absolute Gasteiger partial charge is 0.480 e. The van der Waals surface area contributed by atoms with Gasteiger partial charge in [0.2, 0.25) is 11.8 Å². The zero-order valence-corrected chi connectivity index (χ0v) is 15.9. The number of benzene rings is 1. The number of nitrogens with zero attached hydrogens (tertiary/aromatic N) is 3. The van der Waals surface area contributed by atoms with E-state index >= 15 is 0 Å². The van der Waals surface area contributed by atoms with Crippen LogP contribution < -0.4 is 10.1 Å². The van der Waals surface area contributed by atoms with E-state index in [1.54, 1.807) is 36.2 Å². The summed E-state index contributed by atoms with van der Waals surface area (Å²) in [5.74, 6) is -0.0563. The number of aromatic nitrogens is 2. The molecule has 1 heterocycles. The van der Waals surface area contributed by atoms with E-state index in [-0.39, 0.29) is 35.8 Å². The lowest BCUT2D eigenvalue weighted by Crippen LogP contribution is -2.46. The van der Waals surface area contributed by atoms with E-state index in [9.17, 15) is 14.0 Å². The zero-order chi connectivity index (χ0) is 20.1. The van der Waals surface area contributed by atoms with Crippen molar-refractivity contribution in [1.82, 2.24) is 20.4 Å². The molecule has 3 rings (SSSR count). The maximum atomic E-state index is 13.0. The van der Waals surface area contributed by atoms with Gasteiger partial charge in [-0.05, 0) is 42.5 Å². The average Bonchev–Trinajstić information content (AvgIpc) is 3.54. The molecule has 0 radical (unpaired) electrons. The number of likely N-dealkylation sites (N-methyl/N-ethyl adjacent to an activating group) is 1. The van der Waals surface area contributed by atoms with Gasteiger partial charge in [0.25, 0.3) is 5.91 Å². The van der Waals surface area contributed by atoms with Crippen molar-refractivity contribution in [2.75, 3.05) is 20.7 Å². The highest BCUT2D eigenvalue weighted by Gasteiger charge is 2.36. The maximum Gasteiger partial charge on any atom is 0.274 e. The highest BCUT2D eigenvalue weighted by Crippen LogP contribution is 2.35. The smallest absolute Gasteiger partial charge is 0.274 e. The third-order valence-corrected chi connectivity index (χ3v) is 4.84. The number of hydrogen-bond donors (Lipinski definition) is 1. The van der Waals surface area contributed by atoms with Crippen molar-refractivity contribution in [2.24, 2.45) is 5.92 Å². The second kappa shape index (κ2) is 8.77. The molecular formula is C20H23FN4O3. The Hall–Kier alpha value is -3.03. The monoisotopic (exact) mass is 386 g/mol. The van der Waals surface area contributed by atoms with Gasteiger partial charge in [0, 0.05) is 19.7 Å². The van der Waals surface area contributed by atoms with Crippen molar-refractivity contribution in [3.8, 4) is 5.88 Å². The van der Waals surface area contributed by atoms with Crippen LogP contribution in [-0.2, 0) is 11.2 Å². The first-order valence-corrected chi connectivity index (χ1v) is 9.14. The minimum Gasteiger partial charge on any atom is -0.480 e. The third-order valence-electron chi connectivity index (χ3n) is 4.84. The summed E-state index contributed by atoms with van der Waals surface area (Å²) in [4.78, 5) is 26.6. The first-order chi connectivity index (χ1) is 13.5. The molecule has 1 fully saturated rings. The summed E-state index contributed by atoms with van der Waals surface area (Å²) in [6.45, 7) is 0.358. The quantitative estimate of drug-likeness (QED) is 0.748. The van der Waals surface area contributed by atoms with Crippen LogP contribution in [0.3, 0.4) is 0 Å². The van der Waals surface area contributed by atoms with Crippen LogP contribution in [0.2, 0.25) is 0 Å². The number of ether oxygens (including phenoxy) is 1. The predicted octanol–water partition coefficient (Wildman–Crippen LogP) is 1.83. The molecule has 1 aromatic heterocycles. The summed E-state index contributed by atoms with van der Waals surface area (Å²) < 4.78 is 17.9. The molecule has 1 aliphatic carbocycles. The minimum atomic E-state index is -0.334. The molecule has 148 valence electrons. The molecule has 2 amide bonds. The summed E-state index contributed by atoms with van der Waals surface area (Å²) in [5, 5.41) is 10.6. The highest BCUT2D eigenvalue weighted by atomic mass is 19.1. The fourth-order valence-electron chi connectivity index (χ4n) is 3.04. The summed E-state index contributed by atoms with van der Waals surface area (Å²) in [5.41, 5.74) is 0.964. The summed E-state index contributed by atoms with van der Waals surface area (Å²) in [6, 6.07) is 8.88. The fourth-order valence-corrected chi connectivity index (χ4v) is 3.04. The first-order valence-electron chi connectivity index (χ1n) is 9.14. The second-order valence-corrected chi connectivity index (χ2v) is 6.89. The predicted molar refractivity (Wildman–Crippen MR) is 100 cm³/mol. The van der Waals surface area contributed by atoms with Crippen LogP contribution in [0, 0.1) is 11.7 Å². The van der Waals surface area contributed by atoms with E-state index < -0.39 is 0 Å². The van der Waals surface area contributed by atoms with Crippen molar-refractivity contribution >= 4 is 11.8 Å². The molecule has 1 saturated carbocycles. The van der Waals surface area contributed by atoms with Gasteiger partial charge < -0.3 is 15.0 Å². The zero-order valence-electron chi connectivity index (χ0n) is 15.9. The van der Waals surface area contributed by atoms with E-state index in [0.717, 1.165) is 18.4 Å². The average molecular weight is 386 g/mol. The van der Waals surface area contributed by atoms with E-state index in [1.165, 1.54) is 19.2 Å². The summed E-state index contributed by atoms with van der Waals surface area (Å²) in [7, 11) is 3.19. The third kappa shape index (κ3) is 5.03. The number of methoxy groups -OCH3 is 1. The Morgan fingerprint density at radius 2 is 1.93 bits per heavy atom. The van der Waals surface area contributed by atoms with Gasteiger partial charge in [-0.1, -0.05) is 12.1 Å². The Labute approximate surface area is 162 Å². The number of hydrogen-bond acceptors (Lipinski definition) is 5. The molecule has 0 saturated heterocycles. The van der Waals surface area contributed by atoms with Crippen LogP contribution >= 0.6 is 0 Å². The SMILES string of the molecule is COc1ccc(C(=O)N(C)C(CNC(=O)Cc2ccc(F)cc2)C2CC2)nn1. The van der Waals surface area contributed by atoms with Gasteiger partial charge in [0.05, 0.1) is 19.6 Å². The van der Waals surface area contributed by atoms with Crippen LogP contribution in [0.1, 0.15) is 28.9 Å². The Bertz CT molecular complexity index is 822. The lowest BCUT2D eigenvalue weighted by atomic mass is 10.1. The highest BCUT2D eigenvalue weighted by molar-refractivity contribution is 5.92. The molecule has 1 aromatic carbocycles. The number of halogens is 1. The van der Waals surface area contributed by atoms with Gasteiger partial charge in [-0.25, -0.2) is 4.39 Å². The van der Waals surface area contributed by atoms with Crippen LogP contribution in [0.4, 0.5) is 4.39 Å². The number of carbonyl (C=O) groups is 2. The van der Waals surface area contributed by atoms with Gasteiger partial charge in [0.15, 0.2) is 5.69 Å². The van der Waals surface area contributed by atoms with E-state index in [4.69, 9.17) is 4.74 Å². The second-order valence-electron chi connectivity index (χ2n) is 6.89. The number of nitrogens with one attached hydrogen (secondary N) is 1. The Morgan fingerprint density at radius 1 is 1.21 bits per heavy atom. The molecular weight excluding hydrogens is 363 g/mol. The maximum absolute atomic E-state index is 13.0. The molecule has 8 heteroatoms. The minimum absolute atomic E-state index is 0.117. The number of amides is 2. The van der Waals surface area contributed by atoms with Crippen molar-refractivity contribution in [2.45, 2.75) is 25.3 Å². The lowest BCUT2D eigenvalue weighted by molar-refractivity contribution is -0.120. The van der Waals surface area contributed by atoms with Gasteiger partial charge in [-0.15, -0.1) is 10.2 Å². The summed E-state index contributed by atoms with van der Waals surface area (Å²) in [6.07, 6.45) is 2.20. The Morgan fingerprint density at radius 3 is 2.50 bits per heavy atom. The van der Waals surface area contributed by atoms with Crippen LogP contribution in [0.5, 0.6) is 5.88 Å². The summed E-state index contributed by atoms with van der Waals surface area (Å²) >= 11 is 0. The molecule has 1 aliphatic rings. The molecule has 7 nitrogen and oxygen atoms in total. The Balaban J connectivity index is 1.58. The van der Waals surface area contributed by atoms with Crippen molar-refractivity contribution < 1.29 is 18.7 Å². The molecule has 2 aromatic rings. The number of rotatable bonds is 8. The van der Waals surface area contributed by atoms with Crippen molar-refractivity contribution in [3.63, 3.8) is 0 Å². The number of carbonyl (C=O) groups excluding carboxylic acids is 2. The normalized spacial score (nSPS) is 14.2. The van der Waals surface area contributed by atoms with E-state index in [2.05, 4.69) is 15.5 Å². The van der Waals surface area contributed by atoms with Crippen LogP contribution in [-0.4, -0.2) is 53.7 Å². The van der Waals surface area contributed by atoms with E-state index in [1.807, 2.05) is 0 Å². The molecule has 1 N–H and O–H groups in total.